The van der Waals surface area contributed by atoms with Crippen LogP contribution >= 0.6 is 11.6 Å². The molecule has 0 saturated heterocycles. The Morgan fingerprint density at radius 2 is 2.07 bits per heavy atom. The van der Waals surface area contributed by atoms with Crippen molar-refractivity contribution in [3.05, 3.63) is 47.4 Å². The molecule has 9 nitrogen and oxygen atoms in total. The van der Waals surface area contributed by atoms with E-state index in [4.69, 9.17) is 21.1 Å². The van der Waals surface area contributed by atoms with Crippen LogP contribution in [0.25, 0.3) is 11.0 Å². The predicted octanol–water partition coefficient (Wildman–Crippen LogP) is 2.45. The number of aromatic carboxylic acids is 1. The fourth-order valence-corrected chi connectivity index (χ4v) is 2.68. The van der Waals surface area contributed by atoms with Crippen molar-refractivity contribution in [1.82, 2.24) is 14.5 Å². The molecule has 0 aliphatic heterocycles. The lowest BCUT2D eigenvalue weighted by atomic mass is 10.3. The van der Waals surface area contributed by atoms with E-state index in [0.29, 0.717) is 34.2 Å². The third-order valence-electron chi connectivity index (χ3n) is 3.77. The minimum absolute atomic E-state index is 0.260. The van der Waals surface area contributed by atoms with Crippen molar-refractivity contribution in [3.8, 4) is 5.75 Å². The van der Waals surface area contributed by atoms with Crippen molar-refractivity contribution >= 4 is 40.3 Å². The van der Waals surface area contributed by atoms with Gasteiger partial charge in [0.15, 0.2) is 0 Å². The maximum Gasteiger partial charge on any atom is 0.372 e. The van der Waals surface area contributed by atoms with Crippen LogP contribution in [0.15, 0.2) is 36.5 Å². The molecule has 0 aliphatic carbocycles. The van der Waals surface area contributed by atoms with Gasteiger partial charge in [-0.25, -0.2) is 14.8 Å². The minimum Gasteiger partial charge on any atom is -0.489 e. The fraction of sp³-hybridized carbons (Fsp3) is 0.222. The number of nitrogens with zero attached hydrogens (tertiary/aromatic N) is 3. The number of carbonyl (C=O) groups excluding carboxylic acids is 1. The second-order valence-electron chi connectivity index (χ2n) is 5.70. The Labute approximate surface area is 164 Å². The van der Waals surface area contributed by atoms with E-state index in [2.05, 4.69) is 15.3 Å². The molecule has 0 unspecified atom stereocenters. The van der Waals surface area contributed by atoms with Gasteiger partial charge in [0.25, 0.3) is 0 Å². The molecule has 10 heteroatoms. The van der Waals surface area contributed by atoms with Crippen LogP contribution < -0.4 is 10.1 Å². The predicted molar refractivity (Wildman–Crippen MR) is 102 cm³/mol. The number of carboxylic acids is 1. The monoisotopic (exact) mass is 404 g/mol. The summed E-state index contributed by atoms with van der Waals surface area (Å²) in [6.45, 7) is 0.400. The van der Waals surface area contributed by atoms with Crippen molar-refractivity contribution < 1.29 is 24.2 Å². The summed E-state index contributed by atoms with van der Waals surface area (Å²) < 4.78 is 11.9. The molecule has 0 fully saturated rings. The number of benzene rings is 1. The van der Waals surface area contributed by atoms with E-state index < -0.39 is 11.9 Å². The standard InChI is InChI=1S/C18H17ClN4O5/c1-27-7-8-28-13-4-2-3-12-16(13)22-17(18(25)26)23(12)10-15(24)21-14-6-5-11(19)9-20-14/h2-6,9H,7-8,10H2,1H3,(H,25,26)(H,20,21,24). The molecule has 1 aromatic carbocycles. The van der Waals surface area contributed by atoms with E-state index in [9.17, 15) is 14.7 Å². The van der Waals surface area contributed by atoms with Gasteiger partial charge in [-0.1, -0.05) is 17.7 Å². The third kappa shape index (κ3) is 4.38. The summed E-state index contributed by atoms with van der Waals surface area (Å²) in [5.74, 6) is -1.26. The number of carbonyl (C=O) groups is 2. The quantitative estimate of drug-likeness (QED) is 0.554. The highest BCUT2D eigenvalue weighted by molar-refractivity contribution is 6.30. The van der Waals surface area contributed by atoms with Crippen molar-refractivity contribution in [2.24, 2.45) is 0 Å². The average Bonchev–Trinajstić information content (AvgIpc) is 3.03. The number of halogens is 1. The summed E-state index contributed by atoms with van der Waals surface area (Å²) in [6.07, 6.45) is 1.40. The molecule has 3 rings (SSSR count). The number of hydrogen-bond donors (Lipinski definition) is 2. The van der Waals surface area contributed by atoms with Gasteiger partial charge in [0.05, 0.1) is 17.1 Å². The van der Waals surface area contributed by atoms with Crippen molar-refractivity contribution in [2.75, 3.05) is 25.6 Å². The van der Waals surface area contributed by atoms with Crippen LogP contribution in [0.2, 0.25) is 5.02 Å². The SMILES string of the molecule is COCCOc1cccc2c1nc(C(=O)O)n2CC(=O)Nc1ccc(Cl)cn1. The maximum absolute atomic E-state index is 12.4. The Balaban J connectivity index is 1.89. The molecule has 0 spiro atoms. The van der Waals surface area contributed by atoms with Gasteiger partial charge in [-0.3, -0.25) is 4.79 Å². The highest BCUT2D eigenvalue weighted by Crippen LogP contribution is 2.26. The highest BCUT2D eigenvalue weighted by Gasteiger charge is 2.21. The Kier molecular flexibility index (Phi) is 6.07. The maximum atomic E-state index is 12.4. The van der Waals surface area contributed by atoms with Crippen LogP contribution in [0.3, 0.4) is 0 Å². The van der Waals surface area contributed by atoms with Crippen LogP contribution in [0.1, 0.15) is 10.6 Å². The summed E-state index contributed by atoms with van der Waals surface area (Å²) >= 11 is 5.77. The first-order chi connectivity index (χ1) is 13.5. The zero-order chi connectivity index (χ0) is 20.1. The van der Waals surface area contributed by atoms with E-state index in [-0.39, 0.29) is 19.0 Å². The molecule has 0 aliphatic rings. The van der Waals surface area contributed by atoms with E-state index in [1.807, 2.05) is 0 Å². The molecule has 0 atom stereocenters. The Morgan fingerprint density at radius 1 is 1.25 bits per heavy atom. The summed E-state index contributed by atoms with van der Waals surface area (Å²) in [5, 5.41) is 12.5. The molecule has 1 amide bonds. The Bertz CT molecular complexity index is 1000. The average molecular weight is 405 g/mol. The molecule has 3 aromatic rings. The number of imidazole rings is 1. The van der Waals surface area contributed by atoms with Crippen molar-refractivity contribution in [2.45, 2.75) is 6.54 Å². The smallest absolute Gasteiger partial charge is 0.372 e. The first-order valence-electron chi connectivity index (χ1n) is 8.25. The van der Waals surface area contributed by atoms with E-state index >= 15 is 0 Å². The zero-order valence-corrected chi connectivity index (χ0v) is 15.6. The Morgan fingerprint density at radius 3 is 2.75 bits per heavy atom. The van der Waals surface area contributed by atoms with Crippen molar-refractivity contribution in [3.63, 3.8) is 0 Å². The van der Waals surface area contributed by atoms with Gasteiger partial charge < -0.3 is 24.5 Å². The highest BCUT2D eigenvalue weighted by atomic mass is 35.5. The zero-order valence-electron chi connectivity index (χ0n) is 14.9. The number of fused-ring (bicyclic) bond motifs is 1. The molecular weight excluding hydrogens is 388 g/mol. The third-order valence-corrected chi connectivity index (χ3v) is 4.00. The normalized spacial score (nSPS) is 10.8. The van der Waals surface area contributed by atoms with Gasteiger partial charge in [-0.15, -0.1) is 0 Å². The number of amides is 1. The van der Waals surface area contributed by atoms with Gasteiger partial charge in [-0.2, -0.15) is 0 Å². The summed E-state index contributed by atoms with van der Waals surface area (Å²) in [4.78, 5) is 32.2. The molecule has 0 bridgehead atoms. The van der Waals surface area contributed by atoms with Crippen molar-refractivity contribution in [1.29, 1.82) is 0 Å². The molecular formula is C18H17ClN4O5. The molecule has 0 radical (unpaired) electrons. The largest absolute Gasteiger partial charge is 0.489 e. The summed E-state index contributed by atoms with van der Waals surface area (Å²) in [5.41, 5.74) is 0.819. The summed E-state index contributed by atoms with van der Waals surface area (Å²) in [7, 11) is 1.55. The van der Waals surface area contributed by atoms with Gasteiger partial charge in [-0.05, 0) is 24.3 Å². The van der Waals surface area contributed by atoms with Crippen LogP contribution in [-0.4, -0.2) is 51.8 Å². The molecule has 146 valence electrons. The van der Waals surface area contributed by atoms with Crippen LogP contribution in [0, 0.1) is 0 Å². The van der Waals surface area contributed by atoms with E-state index in [0.717, 1.165) is 0 Å². The number of ether oxygens (including phenoxy) is 2. The fourth-order valence-electron chi connectivity index (χ4n) is 2.57. The second kappa shape index (κ2) is 8.68. The lowest BCUT2D eigenvalue weighted by molar-refractivity contribution is -0.116. The van der Waals surface area contributed by atoms with Crippen LogP contribution in [0.5, 0.6) is 5.75 Å². The molecule has 2 aromatic heterocycles. The number of methoxy groups -OCH3 is 1. The van der Waals surface area contributed by atoms with E-state index in [1.165, 1.54) is 10.8 Å². The molecule has 2 heterocycles. The second-order valence-corrected chi connectivity index (χ2v) is 6.14. The number of para-hydroxylation sites is 1. The number of nitrogens with one attached hydrogen (secondary N) is 1. The van der Waals surface area contributed by atoms with Gasteiger partial charge in [0.1, 0.15) is 30.2 Å². The van der Waals surface area contributed by atoms with Gasteiger partial charge in [0.2, 0.25) is 11.7 Å². The topological polar surface area (TPSA) is 116 Å². The Hall–Kier alpha value is -3.17. The number of anilines is 1. The first-order valence-corrected chi connectivity index (χ1v) is 8.63. The minimum atomic E-state index is -1.25. The number of rotatable bonds is 8. The number of aromatic nitrogens is 3. The first kappa shape index (κ1) is 19.6. The molecule has 2 N–H and O–H groups in total. The van der Waals surface area contributed by atoms with Gasteiger partial charge >= 0.3 is 5.97 Å². The number of pyridine rings is 1. The van der Waals surface area contributed by atoms with E-state index in [1.54, 1.807) is 37.4 Å². The number of hydrogen-bond acceptors (Lipinski definition) is 6. The molecule has 0 saturated carbocycles. The lowest BCUT2D eigenvalue weighted by Crippen LogP contribution is -2.22. The lowest BCUT2D eigenvalue weighted by Gasteiger charge is -2.09. The molecule has 28 heavy (non-hydrogen) atoms. The van der Waals surface area contributed by atoms with Gasteiger partial charge in [0, 0.05) is 13.3 Å². The van der Waals surface area contributed by atoms with Crippen LogP contribution in [-0.2, 0) is 16.1 Å². The number of carboxylic acid groups (broad SMARTS) is 1. The van der Waals surface area contributed by atoms with Crippen LogP contribution in [0.4, 0.5) is 5.82 Å². The summed E-state index contributed by atoms with van der Waals surface area (Å²) in [6, 6.07) is 8.19.